The van der Waals surface area contributed by atoms with E-state index in [2.05, 4.69) is 209 Å². The molecular formula is C60H48N6. The second-order valence-corrected chi connectivity index (χ2v) is 17.6. The molecular weight excluding hydrogens is 805 g/mol. The molecule has 11 rings (SSSR count). The molecule has 66 heavy (non-hydrogen) atoms. The van der Waals surface area contributed by atoms with Crippen LogP contribution in [-0.2, 0) is 0 Å². The summed E-state index contributed by atoms with van der Waals surface area (Å²) in [6, 6.07) is 55.4. The van der Waals surface area contributed by atoms with Crippen molar-refractivity contribution in [2.45, 2.75) is 41.5 Å². The number of hydrogen-bond donors (Lipinski definition) is 2. The molecule has 2 aliphatic heterocycles. The van der Waals surface area contributed by atoms with E-state index in [1.807, 2.05) is 12.1 Å². The van der Waals surface area contributed by atoms with E-state index in [9.17, 15) is 0 Å². The summed E-state index contributed by atoms with van der Waals surface area (Å²) in [5, 5.41) is 0. The standard InChI is InChI=1S/C60H48N6/c1-35-27-37(3)53(38(4)28-35)55-49-31-45(41-19-11-7-12-20-41)57(61-49)65-59-47(43-23-15-9-16-24-43)33-51(63-59)56(54-39(5)29-36(2)30-40(54)6)52-34-48(44-25-17-10-18-26-44)60(64-52)66-58-46(32-50(55)62-58)42-21-13-8-14-22-42/h7-34H,1-6H3,(H,61,63,65)(H,62,64,66). The van der Waals surface area contributed by atoms with Crippen LogP contribution >= 0.6 is 0 Å². The van der Waals surface area contributed by atoms with Crippen molar-refractivity contribution in [1.29, 1.82) is 0 Å². The van der Waals surface area contributed by atoms with Gasteiger partial charge in [0.25, 0.3) is 0 Å². The number of aromatic amines is 2. The van der Waals surface area contributed by atoms with Gasteiger partial charge in [0.2, 0.25) is 0 Å². The number of hydrogen-bond acceptors (Lipinski definition) is 4. The lowest BCUT2D eigenvalue weighted by molar-refractivity contribution is 1.16. The van der Waals surface area contributed by atoms with Gasteiger partial charge in [-0.2, -0.15) is 0 Å². The highest BCUT2D eigenvalue weighted by atomic mass is 15.0. The third-order valence-corrected chi connectivity index (χ3v) is 12.8. The number of benzene rings is 6. The molecule has 6 aromatic carbocycles. The van der Waals surface area contributed by atoms with E-state index in [1.54, 1.807) is 0 Å². The molecule has 0 radical (unpaired) electrons. The first-order valence-corrected chi connectivity index (χ1v) is 22.6. The molecule has 0 aliphatic carbocycles. The zero-order valence-electron chi connectivity index (χ0n) is 38.0. The Morgan fingerprint density at radius 3 is 0.985 bits per heavy atom. The fourth-order valence-corrected chi connectivity index (χ4v) is 10.1. The Kier molecular flexibility index (Phi) is 10.1. The molecule has 0 amide bonds. The minimum atomic E-state index is 0.623. The van der Waals surface area contributed by atoms with Gasteiger partial charge in [0.05, 0.1) is 22.4 Å². The summed E-state index contributed by atoms with van der Waals surface area (Å²) in [7, 11) is 0. The van der Waals surface area contributed by atoms with Gasteiger partial charge >= 0.3 is 0 Å². The number of aromatic nitrogens is 6. The van der Waals surface area contributed by atoms with Crippen LogP contribution in [0.25, 0.3) is 90.1 Å². The van der Waals surface area contributed by atoms with E-state index in [4.69, 9.17) is 19.9 Å². The Bertz CT molecular complexity index is 3330. The summed E-state index contributed by atoms with van der Waals surface area (Å²) in [5.74, 6) is 1.25. The average molecular weight is 853 g/mol. The number of nitrogens with one attached hydrogen (secondary N) is 2. The lowest BCUT2D eigenvalue weighted by Gasteiger charge is -2.13. The second kappa shape index (κ2) is 16.4. The number of nitrogens with zero attached hydrogens (tertiary/aromatic N) is 4. The topological polar surface area (TPSA) is 83.1 Å². The Morgan fingerprint density at radius 1 is 0.333 bits per heavy atom. The largest absolute Gasteiger partial charge is 0.339 e. The minimum absolute atomic E-state index is 0.623. The zero-order chi connectivity index (χ0) is 45.1. The summed E-state index contributed by atoms with van der Waals surface area (Å²) >= 11 is 0. The fraction of sp³-hybridized carbons (Fsp3) is 0.100. The predicted molar refractivity (Wildman–Crippen MR) is 274 cm³/mol. The van der Waals surface area contributed by atoms with Crippen molar-refractivity contribution < 1.29 is 0 Å². The van der Waals surface area contributed by atoms with Crippen molar-refractivity contribution in [3.63, 3.8) is 0 Å². The first kappa shape index (κ1) is 40.5. The maximum atomic E-state index is 5.58. The summed E-state index contributed by atoms with van der Waals surface area (Å²) in [6.07, 6.45) is 4.42. The van der Waals surface area contributed by atoms with Gasteiger partial charge in [0.15, 0.2) is 11.6 Å². The van der Waals surface area contributed by atoms with E-state index in [-0.39, 0.29) is 0 Å². The van der Waals surface area contributed by atoms with Crippen molar-refractivity contribution in [1.82, 2.24) is 29.9 Å². The number of fused-ring (bicyclic) bond motifs is 8. The molecule has 0 unspecified atom stereocenters. The monoisotopic (exact) mass is 852 g/mol. The lowest BCUT2D eigenvalue weighted by Crippen LogP contribution is -1.95. The highest BCUT2D eigenvalue weighted by Gasteiger charge is 2.25. The summed E-state index contributed by atoms with van der Waals surface area (Å²) in [4.78, 5) is 30.1. The molecule has 318 valence electrons. The Balaban J connectivity index is 1.39. The van der Waals surface area contributed by atoms with Crippen molar-refractivity contribution in [2.24, 2.45) is 0 Å². The van der Waals surface area contributed by atoms with Crippen LogP contribution in [-0.4, -0.2) is 29.9 Å². The van der Waals surface area contributed by atoms with Gasteiger partial charge in [0.1, 0.15) is 11.3 Å². The molecule has 5 heterocycles. The Hall–Kier alpha value is -8.22. The van der Waals surface area contributed by atoms with Crippen LogP contribution in [0.5, 0.6) is 0 Å². The Labute approximate surface area is 385 Å². The van der Waals surface area contributed by atoms with Crippen molar-refractivity contribution in [3.05, 3.63) is 225 Å². The summed E-state index contributed by atoms with van der Waals surface area (Å²) < 4.78 is 0. The van der Waals surface area contributed by atoms with Crippen LogP contribution in [0.15, 0.2) is 158 Å². The van der Waals surface area contributed by atoms with E-state index in [0.717, 1.165) is 111 Å². The number of rotatable bonds is 6. The molecule has 0 saturated heterocycles. The number of H-pyrrole nitrogens is 2. The Morgan fingerprint density at radius 2 is 0.652 bits per heavy atom. The van der Waals surface area contributed by atoms with E-state index >= 15 is 0 Å². The van der Waals surface area contributed by atoms with E-state index in [1.165, 1.54) is 11.1 Å². The lowest BCUT2D eigenvalue weighted by atomic mass is 9.92. The first-order valence-electron chi connectivity index (χ1n) is 22.6. The van der Waals surface area contributed by atoms with Crippen molar-refractivity contribution >= 4 is 45.6 Å². The van der Waals surface area contributed by atoms with Gasteiger partial charge in [-0.15, -0.1) is 0 Å². The molecule has 8 bridgehead atoms. The molecule has 2 N–H and O–H groups in total. The van der Waals surface area contributed by atoms with Gasteiger partial charge in [-0.05, 0) is 121 Å². The molecule has 3 aromatic heterocycles. The van der Waals surface area contributed by atoms with Gasteiger partial charge in [-0.25, -0.2) is 19.9 Å². The van der Waals surface area contributed by atoms with Gasteiger partial charge < -0.3 is 9.97 Å². The molecule has 9 aromatic rings. The summed E-state index contributed by atoms with van der Waals surface area (Å²) in [6.45, 7) is 13.1. The molecule has 0 atom stereocenters. The van der Waals surface area contributed by atoms with Crippen molar-refractivity contribution in [3.8, 4) is 44.5 Å². The van der Waals surface area contributed by atoms with Gasteiger partial charge in [-0.3, -0.25) is 0 Å². The van der Waals surface area contributed by atoms with Crippen molar-refractivity contribution in [2.75, 3.05) is 0 Å². The normalized spacial score (nSPS) is 12.3. The quantitative estimate of drug-likeness (QED) is 0.175. The van der Waals surface area contributed by atoms with Crippen LogP contribution < -0.4 is 0 Å². The smallest absolute Gasteiger partial charge is 0.162 e. The molecule has 6 nitrogen and oxygen atoms in total. The maximum absolute atomic E-state index is 5.58. The second-order valence-electron chi connectivity index (χ2n) is 17.6. The molecule has 2 aliphatic rings. The van der Waals surface area contributed by atoms with Gasteiger partial charge in [-0.1, -0.05) is 157 Å². The molecule has 0 fully saturated rings. The minimum Gasteiger partial charge on any atom is -0.339 e. The first-order chi connectivity index (χ1) is 32.2. The van der Waals surface area contributed by atoms with Gasteiger partial charge in [0, 0.05) is 33.4 Å². The molecule has 0 saturated carbocycles. The van der Waals surface area contributed by atoms with Crippen LogP contribution in [0, 0.1) is 41.5 Å². The third-order valence-electron chi connectivity index (χ3n) is 12.8. The zero-order valence-corrected chi connectivity index (χ0v) is 38.0. The predicted octanol–water partition coefficient (Wildman–Crippen LogP) is 14.8. The highest BCUT2D eigenvalue weighted by Crippen LogP contribution is 2.42. The van der Waals surface area contributed by atoms with Crippen LogP contribution in [0.4, 0.5) is 0 Å². The van der Waals surface area contributed by atoms with E-state index < -0.39 is 0 Å². The third kappa shape index (κ3) is 7.27. The summed E-state index contributed by atoms with van der Waals surface area (Å²) in [5.41, 5.74) is 24.1. The highest BCUT2D eigenvalue weighted by molar-refractivity contribution is 6.03. The van der Waals surface area contributed by atoms with Crippen LogP contribution in [0.2, 0.25) is 0 Å². The fourth-order valence-electron chi connectivity index (χ4n) is 10.1. The number of aryl methyl sites for hydroxylation is 6. The SMILES string of the molecule is Cc1cc(C)c(-c2c3nc(nc4[nH]c(cc4-c4ccccc4)c(-c4c(C)cc(C)cc4C)c4nc(nc5[nH]c2cc5-c2ccccc2)C(c2ccccc2)=C4)C(c2ccccc2)=C3)c(C)c1. The molecule has 6 heteroatoms. The maximum Gasteiger partial charge on any atom is 0.162 e. The molecule has 0 spiro atoms. The van der Waals surface area contributed by atoms with E-state index in [0.29, 0.717) is 22.9 Å². The van der Waals surface area contributed by atoms with Crippen LogP contribution in [0.3, 0.4) is 0 Å². The van der Waals surface area contributed by atoms with Crippen LogP contribution in [0.1, 0.15) is 67.5 Å². The average Bonchev–Trinajstić information content (AvgIpc) is 4.13.